The van der Waals surface area contributed by atoms with Crippen LogP contribution >= 0.6 is 0 Å². The molecule has 75 valence electrons. The van der Waals surface area contributed by atoms with Gasteiger partial charge in [0.05, 0.1) is 0 Å². The number of aliphatic hydroxyl groups excluding tert-OH is 1. The molecule has 1 atom stereocenters. The summed E-state index contributed by atoms with van der Waals surface area (Å²) < 4.78 is 0. The summed E-state index contributed by atoms with van der Waals surface area (Å²) in [6.07, 6.45) is -0.849. The lowest BCUT2D eigenvalue weighted by atomic mass is 10.1. The highest BCUT2D eigenvalue weighted by Crippen LogP contribution is 2.06. The highest BCUT2D eigenvalue weighted by Gasteiger charge is 2.25. The van der Waals surface area contributed by atoms with Crippen molar-refractivity contribution in [3.05, 3.63) is 0 Å². The molecule has 1 N–H and O–H groups in total. The molecule has 0 aliphatic carbocycles. The standard InChI is InChI=1S/C9H17N2O2/c1-7(2)8(12)9(13)11-5-3-10-4-6-11/h7-8,12H,3-6H2,1-2H3/t8-/m1/s1. The number of hydrogen-bond acceptors (Lipinski definition) is 2. The van der Waals surface area contributed by atoms with Gasteiger partial charge in [-0.1, -0.05) is 13.8 Å². The first-order valence-electron chi connectivity index (χ1n) is 4.73. The fourth-order valence-corrected chi connectivity index (χ4v) is 1.30. The molecule has 0 aromatic heterocycles. The van der Waals surface area contributed by atoms with E-state index in [1.165, 1.54) is 0 Å². The first-order valence-corrected chi connectivity index (χ1v) is 4.73. The third kappa shape index (κ3) is 2.67. The summed E-state index contributed by atoms with van der Waals surface area (Å²) in [7, 11) is 0. The van der Waals surface area contributed by atoms with Crippen LogP contribution in [-0.4, -0.2) is 48.2 Å². The SMILES string of the molecule is CC(C)[C@@H](O)C(=O)N1CC[N]CC1. The minimum Gasteiger partial charge on any atom is -0.383 e. The Labute approximate surface area is 78.9 Å². The molecule has 13 heavy (non-hydrogen) atoms. The zero-order chi connectivity index (χ0) is 9.84. The second kappa shape index (κ2) is 4.58. The molecule has 1 aliphatic rings. The van der Waals surface area contributed by atoms with Crippen molar-refractivity contribution in [1.29, 1.82) is 0 Å². The van der Waals surface area contributed by atoms with Gasteiger partial charge in [0.1, 0.15) is 6.10 Å². The van der Waals surface area contributed by atoms with E-state index in [0.717, 1.165) is 0 Å². The molecule has 1 aliphatic heterocycles. The summed E-state index contributed by atoms with van der Waals surface area (Å²) in [4.78, 5) is 13.3. The smallest absolute Gasteiger partial charge is 0.251 e. The maximum atomic E-state index is 11.6. The van der Waals surface area contributed by atoms with E-state index in [4.69, 9.17) is 0 Å². The van der Waals surface area contributed by atoms with Crippen molar-refractivity contribution in [3.63, 3.8) is 0 Å². The Morgan fingerprint density at radius 3 is 2.38 bits per heavy atom. The predicted molar refractivity (Wildman–Crippen MR) is 49.3 cm³/mol. The van der Waals surface area contributed by atoms with Crippen molar-refractivity contribution >= 4 is 5.91 Å². The van der Waals surface area contributed by atoms with E-state index in [1.807, 2.05) is 13.8 Å². The van der Waals surface area contributed by atoms with E-state index in [2.05, 4.69) is 5.32 Å². The Balaban J connectivity index is 2.45. The predicted octanol–water partition coefficient (Wildman–Crippen LogP) is -0.550. The lowest BCUT2D eigenvalue weighted by molar-refractivity contribution is -0.142. The minimum atomic E-state index is -0.849. The van der Waals surface area contributed by atoms with Gasteiger partial charge in [-0.05, 0) is 5.92 Å². The molecule has 0 spiro atoms. The summed E-state index contributed by atoms with van der Waals surface area (Å²) in [5.41, 5.74) is 0. The molecule has 0 unspecified atom stereocenters. The third-order valence-electron chi connectivity index (χ3n) is 2.25. The van der Waals surface area contributed by atoms with Crippen LogP contribution in [0.1, 0.15) is 13.8 Å². The number of hydrogen-bond donors (Lipinski definition) is 1. The largest absolute Gasteiger partial charge is 0.383 e. The number of aliphatic hydroxyl groups is 1. The van der Waals surface area contributed by atoms with Gasteiger partial charge < -0.3 is 10.0 Å². The average molecular weight is 185 g/mol. The summed E-state index contributed by atoms with van der Waals surface area (Å²) in [6.45, 7) is 6.41. The van der Waals surface area contributed by atoms with Gasteiger partial charge in [-0.25, -0.2) is 5.32 Å². The fourth-order valence-electron chi connectivity index (χ4n) is 1.30. The molecule has 0 saturated carbocycles. The molecular formula is C9H17N2O2. The Morgan fingerprint density at radius 2 is 1.92 bits per heavy atom. The molecule has 1 rings (SSSR count). The summed E-state index contributed by atoms with van der Waals surface area (Å²) in [5.74, 6) is -0.156. The lowest BCUT2D eigenvalue weighted by Crippen LogP contribution is -2.49. The Kier molecular flexibility index (Phi) is 3.69. The first-order chi connectivity index (χ1) is 6.13. The summed E-state index contributed by atoms with van der Waals surface area (Å²) in [5, 5.41) is 13.7. The molecule has 1 radical (unpaired) electrons. The molecule has 4 nitrogen and oxygen atoms in total. The lowest BCUT2D eigenvalue weighted by Gasteiger charge is -2.29. The number of piperazine rings is 1. The number of amides is 1. The van der Waals surface area contributed by atoms with E-state index >= 15 is 0 Å². The van der Waals surface area contributed by atoms with Gasteiger partial charge in [-0.15, -0.1) is 0 Å². The van der Waals surface area contributed by atoms with Crippen LogP contribution in [0.5, 0.6) is 0 Å². The topological polar surface area (TPSA) is 54.6 Å². The molecule has 1 heterocycles. The van der Waals surface area contributed by atoms with Crippen molar-refractivity contribution in [2.75, 3.05) is 26.2 Å². The van der Waals surface area contributed by atoms with Gasteiger partial charge in [-0.2, -0.15) is 0 Å². The molecule has 1 fully saturated rings. The van der Waals surface area contributed by atoms with Crippen LogP contribution in [0.3, 0.4) is 0 Å². The van der Waals surface area contributed by atoms with Crippen molar-refractivity contribution in [3.8, 4) is 0 Å². The van der Waals surface area contributed by atoms with E-state index in [9.17, 15) is 9.90 Å². The van der Waals surface area contributed by atoms with Crippen LogP contribution in [-0.2, 0) is 4.79 Å². The normalized spacial score (nSPS) is 20.5. The van der Waals surface area contributed by atoms with Crippen molar-refractivity contribution in [2.24, 2.45) is 5.92 Å². The maximum Gasteiger partial charge on any atom is 0.251 e. The second-order valence-electron chi connectivity index (χ2n) is 3.68. The second-order valence-corrected chi connectivity index (χ2v) is 3.68. The molecule has 0 bridgehead atoms. The van der Waals surface area contributed by atoms with E-state index in [-0.39, 0.29) is 11.8 Å². The number of carbonyl (C=O) groups is 1. The first kappa shape index (κ1) is 10.5. The monoisotopic (exact) mass is 185 g/mol. The number of nitrogens with zero attached hydrogens (tertiary/aromatic N) is 2. The number of carbonyl (C=O) groups excluding carboxylic acids is 1. The van der Waals surface area contributed by atoms with Crippen LogP contribution in [0.4, 0.5) is 0 Å². The van der Waals surface area contributed by atoms with Crippen LogP contribution in [0, 0.1) is 5.92 Å². The fraction of sp³-hybridized carbons (Fsp3) is 0.889. The zero-order valence-corrected chi connectivity index (χ0v) is 8.23. The average Bonchev–Trinajstić information content (AvgIpc) is 2.17. The third-order valence-corrected chi connectivity index (χ3v) is 2.25. The zero-order valence-electron chi connectivity index (χ0n) is 8.23. The van der Waals surface area contributed by atoms with Crippen LogP contribution in [0.2, 0.25) is 0 Å². The minimum absolute atomic E-state index is 0.00800. The van der Waals surface area contributed by atoms with Crippen LogP contribution < -0.4 is 5.32 Å². The molecule has 1 saturated heterocycles. The van der Waals surface area contributed by atoms with Crippen molar-refractivity contribution in [2.45, 2.75) is 20.0 Å². The van der Waals surface area contributed by atoms with Crippen LogP contribution in [0.25, 0.3) is 0 Å². The summed E-state index contributed by atoms with van der Waals surface area (Å²) in [6, 6.07) is 0. The molecule has 1 amide bonds. The van der Waals surface area contributed by atoms with E-state index < -0.39 is 6.10 Å². The Bertz CT molecular complexity index is 176. The van der Waals surface area contributed by atoms with Crippen molar-refractivity contribution < 1.29 is 9.90 Å². The van der Waals surface area contributed by atoms with Gasteiger partial charge in [-0.3, -0.25) is 4.79 Å². The molecule has 4 heteroatoms. The van der Waals surface area contributed by atoms with E-state index in [1.54, 1.807) is 4.90 Å². The van der Waals surface area contributed by atoms with Gasteiger partial charge >= 0.3 is 0 Å². The quantitative estimate of drug-likeness (QED) is 0.627. The molecule has 0 aromatic rings. The van der Waals surface area contributed by atoms with Crippen LogP contribution in [0.15, 0.2) is 0 Å². The number of rotatable bonds is 2. The highest BCUT2D eigenvalue weighted by atomic mass is 16.3. The molecular weight excluding hydrogens is 168 g/mol. The molecule has 0 aromatic carbocycles. The van der Waals surface area contributed by atoms with E-state index in [0.29, 0.717) is 26.2 Å². The van der Waals surface area contributed by atoms with Gasteiger partial charge in [0.15, 0.2) is 0 Å². The maximum absolute atomic E-state index is 11.6. The Morgan fingerprint density at radius 1 is 1.38 bits per heavy atom. The van der Waals surface area contributed by atoms with Gasteiger partial charge in [0.2, 0.25) is 0 Å². The highest BCUT2D eigenvalue weighted by molar-refractivity contribution is 5.81. The Hall–Kier alpha value is -0.610. The van der Waals surface area contributed by atoms with Gasteiger partial charge in [0, 0.05) is 26.2 Å². The van der Waals surface area contributed by atoms with Gasteiger partial charge in [0.25, 0.3) is 5.91 Å². The summed E-state index contributed by atoms with van der Waals surface area (Å²) >= 11 is 0. The van der Waals surface area contributed by atoms with Crippen molar-refractivity contribution in [1.82, 2.24) is 10.2 Å².